The van der Waals surface area contributed by atoms with Gasteiger partial charge in [0.05, 0.1) is 0 Å². The van der Waals surface area contributed by atoms with Crippen LogP contribution in [0.1, 0.15) is 37.5 Å². The van der Waals surface area contributed by atoms with E-state index in [1.807, 2.05) is 6.07 Å². The van der Waals surface area contributed by atoms with E-state index < -0.39 is 11.6 Å². The first kappa shape index (κ1) is 16.3. The molecular formula is C17H20F2OSe. The minimum absolute atomic E-state index is 0.0130. The molecule has 0 saturated heterocycles. The predicted molar refractivity (Wildman–Crippen MR) is 83.1 cm³/mol. The summed E-state index contributed by atoms with van der Waals surface area (Å²) in [5.74, 6) is -1.69. The van der Waals surface area contributed by atoms with Gasteiger partial charge in [-0.3, -0.25) is 0 Å². The van der Waals surface area contributed by atoms with Crippen molar-refractivity contribution in [3.63, 3.8) is 0 Å². The molecule has 1 nitrogen and oxygen atoms in total. The summed E-state index contributed by atoms with van der Waals surface area (Å²) in [5.41, 5.74) is 0.373. The normalized spacial score (nSPS) is 10.9. The second-order valence-corrected chi connectivity index (χ2v) is 7.35. The van der Waals surface area contributed by atoms with Crippen molar-refractivity contribution in [1.29, 1.82) is 0 Å². The number of ether oxygens (including phenoxy) is 1. The molecule has 0 saturated carbocycles. The summed E-state index contributed by atoms with van der Waals surface area (Å²) in [6.45, 7) is 4.25. The Labute approximate surface area is 130 Å². The van der Waals surface area contributed by atoms with Gasteiger partial charge >= 0.3 is 130 Å². The van der Waals surface area contributed by atoms with Gasteiger partial charge in [0.15, 0.2) is 0 Å². The summed E-state index contributed by atoms with van der Waals surface area (Å²) in [4.78, 5) is 0. The van der Waals surface area contributed by atoms with Crippen LogP contribution in [0.25, 0.3) is 10.0 Å². The Kier molecular flexibility index (Phi) is 6.01. The minimum atomic E-state index is -0.884. The van der Waals surface area contributed by atoms with Crippen LogP contribution in [-0.4, -0.2) is 21.1 Å². The molecule has 0 unspecified atom stereocenters. The first-order valence-corrected chi connectivity index (χ1v) is 9.08. The van der Waals surface area contributed by atoms with Gasteiger partial charge in [-0.25, -0.2) is 0 Å². The van der Waals surface area contributed by atoms with Crippen molar-refractivity contribution in [2.45, 2.75) is 39.5 Å². The molecule has 4 heteroatoms. The van der Waals surface area contributed by atoms with E-state index in [-0.39, 0.29) is 20.3 Å². The molecule has 0 fully saturated rings. The zero-order valence-electron chi connectivity index (χ0n) is 12.4. The molecular weight excluding hydrogens is 337 g/mol. The van der Waals surface area contributed by atoms with Gasteiger partial charge in [-0.15, -0.1) is 0 Å². The van der Waals surface area contributed by atoms with Crippen molar-refractivity contribution >= 4 is 14.5 Å². The molecule has 0 aliphatic rings. The van der Waals surface area contributed by atoms with Crippen molar-refractivity contribution in [1.82, 2.24) is 0 Å². The van der Waals surface area contributed by atoms with Crippen LogP contribution in [0.5, 0.6) is 5.75 Å². The average Bonchev–Trinajstić information content (AvgIpc) is 2.93. The Morgan fingerprint density at radius 1 is 1.00 bits per heavy atom. The predicted octanol–water partition coefficient (Wildman–Crippen LogP) is 4.82. The van der Waals surface area contributed by atoms with Gasteiger partial charge in [-0.1, -0.05) is 0 Å². The molecule has 21 heavy (non-hydrogen) atoms. The number of hydrogen-bond donors (Lipinski definition) is 0. The van der Waals surface area contributed by atoms with E-state index >= 15 is 0 Å². The van der Waals surface area contributed by atoms with Crippen LogP contribution in [0.15, 0.2) is 24.3 Å². The Morgan fingerprint density at radius 3 is 2.52 bits per heavy atom. The van der Waals surface area contributed by atoms with Gasteiger partial charge in [0, 0.05) is 0 Å². The Hall–Kier alpha value is -1.12. The summed E-state index contributed by atoms with van der Waals surface area (Å²) in [6.07, 6.45) is 4.65. The van der Waals surface area contributed by atoms with Gasteiger partial charge < -0.3 is 0 Å². The Bertz CT molecular complexity index is 592. The summed E-state index contributed by atoms with van der Waals surface area (Å²) >= 11 is 0.105. The monoisotopic (exact) mass is 358 g/mol. The topological polar surface area (TPSA) is 9.23 Å². The second-order valence-electron chi connectivity index (χ2n) is 4.90. The van der Waals surface area contributed by atoms with Crippen molar-refractivity contribution in [3.05, 3.63) is 40.3 Å². The molecule has 0 atom stereocenters. The van der Waals surface area contributed by atoms with Gasteiger partial charge in [-0.2, -0.15) is 0 Å². The molecule has 1 heterocycles. The summed E-state index contributed by atoms with van der Waals surface area (Å²) in [6, 6.07) is 7.14. The Balaban J connectivity index is 2.20. The molecule has 0 bridgehead atoms. The number of benzene rings is 1. The van der Waals surface area contributed by atoms with Crippen molar-refractivity contribution in [2.75, 3.05) is 6.61 Å². The third-order valence-electron chi connectivity index (χ3n) is 3.30. The SMILES string of the molecule is CCCCCc1ccc(-c2ccc(OCC)c(F)c2F)[se]1. The number of aryl methyl sites for hydroxylation is 1. The van der Waals surface area contributed by atoms with Crippen LogP contribution in [0.3, 0.4) is 0 Å². The van der Waals surface area contributed by atoms with Crippen LogP contribution in [-0.2, 0) is 6.42 Å². The molecule has 0 radical (unpaired) electrons. The molecule has 2 rings (SSSR count). The number of rotatable bonds is 7. The van der Waals surface area contributed by atoms with Gasteiger partial charge in [0.2, 0.25) is 0 Å². The fourth-order valence-electron chi connectivity index (χ4n) is 2.20. The number of unbranched alkanes of at least 4 members (excludes halogenated alkanes) is 2. The van der Waals surface area contributed by atoms with Gasteiger partial charge in [-0.05, 0) is 0 Å². The molecule has 1 aromatic heterocycles. The molecule has 0 N–H and O–H groups in total. The van der Waals surface area contributed by atoms with Crippen LogP contribution in [0.4, 0.5) is 8.78 Å². The molecule has 2 aromatic rings. The van der Waals surface area contributed by atoms with E-state index in [2.05, 4.69) is 13.0 Å². The molecule has 114 valence electrons. The van der Waals surface area contributed by atoms with E-state index in [4.69, 9.17) is 4.74 Å². The van der Waals surface area contributed by atoms with Crippen molar-refractivity contribution in [3.8, 4) is 15.8 Å². The van der Waals surface area contributed by atoms with Crippen LogP contribution < -0.4 is 4.74 Å². The van der Waals surface area contributed by atoms with E-state index in [0.29, 0.717) is 12.2 Å². The fourth-order valence-corrected chi connectivity index (χ4v) is 4.44. The van der Waals surface area contributed by atoms with E-state index in [9.17, 15) is 8.78 Å². The average molecular weight is 357 g/mol. The molecule has 0 spiro atoms. The first-order valence-electron chi connectivity index (χ1n) is 7.37. The quantitative estimate of drug-likeness (QED) is 0.510. The van der Waals surface area contributed by atoms with Crippen molar-refractivity contribution in [2.24, 2.45) is 0 Å². The second kappa shape index (κ2) is 7.76. The van der Waals surface area contributed by atoms with Crippen LogP contribution in [0, 0.1) is 11.6 Å². The first-order chi connectivity index (χ1) is 10.2. The van der Waals surface area contributed by atoms with E-state index in [1.165, 1.54) is 29.8 Å². The van der Waals surface area contributed by atoms with Crippen LogP contribution >= 0.6 is 0 Å². The summed E-state index contributed by atoms with van der Waals surface area (Å²) in [5, 5.41) is 0. The maximum atomic E-state index is 14.2. The standard InChI is InChI=1S/C17H20F2OSe/c1-3-5-6-7-12-8-11-15(21-12)13-9-10-14(20-4-2)17(19)16(13)18/h8-11H,3-7H2,1-2H3. The van der Waals surface area contributed by atoms with Crippen molar-refractivity contribution < 1.29 is 13.5 Å². The van der Waals surface area contributed by atoms with E-state index in [0.717, 1.165) is 10.9 Å². The molecule has 0 aliphatic carbocycles. The summed E-state index contributed by atoms with van der Waals surface area (Å²) in [7, 11) is 0. The maximum absolute atomic E-state index is 14.2. The summed E-state index contributed by atoms with van der Waals surface area (Å²) < 4.78 is 35.4. The third-order valence-corrected chi connectivity index (χ3v) is 5.77. The van der Waals surface area contributed by atoms with E-state index in [1.54, 1.807) is 13.0 Å². The number of halogens is 2. The van der Waals surface area contributed by atoms with Gasteiger partial charge in [0.25, 0.3) is 0 Å². The van der Waals surface area contributed by atoms with Crippen LogP contribution in [0.2, 0.25) is 0 Å². The zero-order valence-corrected chi connectivity index (χ0v) is 14.1. The fraction of sp³-hybridized carbons (Fsp3) is 0.412. The molecule has 0 amide bonds. The Morgan fingerprint density at radius 2 is 1.81 bits per heavy atom. The number of hydrogen-bond acceptors (Lipinski definition) is 1. The zero-order chi connectivity index (χ0) is 15.2. The molecule has 1 aromatic carbocycles. The molecule has 0 aliphatic heterocycles. The van der Waals surface area contributed by atoms with Gasteiger partial charge in [0.1, 0.15) is 0 Å². The third kappa shape index (κ3) is 3.95.